The van der Waals surface area contributed by atoms with Crippen molar-refractivity contribution in [3.05, 3.63) is 53.3 Å². The summed E-state index contributed by atoms with van der Waals surface area (Å²) in [6, 6.07) is 7.46. The number of pyridine rings is 1. The van der Waals surface area contributed by atoms with Crippen LogP contribution in [-0.4, -0.2) is 38.5 Å². The summed E-state index contributed by atoms with van der Waals surface area (Å²) in [5, 5.41) is 7.20. The Labute approximate surface area is 150 Å². The first-order chi connectivity index (χ1) is 12.7. The van der Waals surface area contributed by atoms with Crippen molar-refractivity contribution in [2.24, 2.45) is 0 Å². The fourth-order valence-corrected chi connectivity index (χ4v) is 3.02. The van der Waals surface area contributed by atoms with E-state index in [1.54, 1.807) is 0 Å². The van der Waals surface area contributed by atoms with Crippen molar-refractivity contribution < 1.29 is 14.3 Å². The second-order valence-corrected chi connectivity index (χ2v) is 6.22. The van der Waals surface area contributed by atoms with Gasteiger partial charge in [-0.25, -0.2) is 4.98 Å². The van der Waals surface area contributed by atoms with Gasteiger partial charge in [0.1, 0.15) is 5.75 Å². The number of ether oxygens (including phenoxy) is 1. The summed E-state index contributed by atoms with van der Waals surface area (Å²) in [4.78, 5) is 30.8. The number of nitrogens with one attached hydrogen (secondary N) is 1. The highest BCUT2D eigenvalue weighted by Crippen LogP contribution is 2.29. The molecular weight excluding hydrogens is 332 g/mol. The van der Waals surface area contributed by atoms with Crippen LogP contribution in [0.3, 0.4) is 0 Å². The van der Waals surface area contributed by atoms with Crippen LogP contribution in [0.15, 0.2) is 36.7 Å². The molecule has 0 spiro atoms. The molecule has 0 atom stereocenters. The lowest BCUT2D eigenvalue weighted by atomic mass is 10.1. The Morgan fingerprint density at radius 1 is 1.12 bits per heavy atom. The number of hydrogen-bond acceptors (Lipinski definition) is 5. The van der Waals surface area contributed by atoms with E-state index in [0.717, 1.165) is 24.2 Å². The summed E-state index contributed by atoms with van der Waals surface area (Å²) >= 11 is 0. The number of aromatic amines is 1. The van der Waals surface area contributed by atoms with Gasteiger partial charge in [-0.3, -0.25) is 19.6 Å². The van der Waals surface area contributed by atoms with E-state index in [1.165, 1.54) is 17.3 Å². The number of fused-ring (bicyclic) bond motifs is 3. The second-order valence-electron chi connectivity index (χ2n) is 6.22. The van der Waals surface area contributed by atoms with Gasteiger partial charge in [0.25, 0.3) is 11.8 Å². The number of rotatable bonds is 6. The van der Waals surface area contributed by atoms with Crippen molar-refractivity contribution in [2.75, 3.05) is 6.61 Å². The van der Waals surface area contributed by atoms with Crippen molar-refractivity contribution in [1.29, 1.82) is 0 Å². The SMILES string of the molecule is CCCCOc1ccc(CN2C(=O)c3cnc4[nH]ncc4c3C2=O)cc1. The van der Waals surface area contributed by atoms with Crippen LogP contribution in [0.1, 0.15) is 46.0 Å². The van der Waals surface area contributed by atoms with E-state index in [2.05, 4.69) is 22.1 Å². The molecule has 4 rings (SSSR count). The number of nitrogens with zero attached hydrogens (tertiary/aromatic N) is 3. The minimum absolute atomic E-state index is 0.209. The van der Waals surface area contributed by atoms with Gasteiger partial charge in [0.15, 0.2) is 5.65 Å². The fourth-order valence-electron chi connectivity index (χ4n) is 3.02. The van der Waals surface area contributed by atoms with Crippen LogP contribution in [-0.2, 0) is 6.54 Å². The van der Waals surface area contributed by atoms with E-state index in [4.69, 9.17) is 4.74 Å². The van der Waals surface area contributed by atoms with Crippen molar-refractivity contribution in [3.8, 4) is 5.75 Å². The monoisotopic (exact) mass is 350 g/mol. The van der Waals surface area contributed by atoms with Crippen LogP contribution in [0.2, 0.25) is 0 Å². The molecule has 7 nitrogen and oxygen atoms in total. The normalized spacial score (nSPS) is 13.5. The van der Waals surface area contributed by atoms with Crippen LogP contribution in [0.25, 0.3) is 11.0 Å². The molecule has 0 fully saturated rings. The van der Waals surface area contributed by atoms with Crippen molar-refractivity contribution in [2.45, 2.75) is 26.3 Å². The molecule has 1 aliphatic rings. The zero-order valence-electron chi connectivity index (χ0n) is 14.4. The maximum atomic E-state index is 12.8. The fraction of sp³-hybridized carbons (Fsp3) is 0.263. The molecule has 0 radical (unpaired) electrons. The molecule has 1 aromatic carbocycles. The summed E-state index contributed by atoms with van der Waals surface area (Å²) in [6.45, 7) is 3.00. The predicted octanol–water partition coefficient (Wildman–Crippen LogP) is 2.93. The average Bonchev–Trinajstić information content (AvgIpc) is 3.22. The summed E-state index contributed by atoms with van der Waals surface area (Å²) in [7, 11) is 0. The van der Waals surface area contributed by atoms with Crippen LogP contribution >= 0.6 is 0 Å². The predicted molar refractivity (Wildman–Crippen MR) is 94.9 cm³/mol. The third-order valence-electron chi connectivity index (χ3n) is 4.45. The molecule has 0 bridgehead atoms. The Balaban J connectivity index is 1.54. The Kier molecular flexibility index (Phi) is 4.12. The number of carbonyl (C=O) groups is 2. The van der Waals surface area contributed by atoms with E-state index < -0.39 is 0 Å². The van der Waals surface area contributed by atoms with Gasteiger partial charge < -0.3 is 4.74 Å². The van der Waals surface area contributed by atoms with Gasteiger partial charge in [-0.2, -0.15) is 5.10 Å². The first-order valence-electron chi connectivity index (χ1n) is 8.59. The van der Waals surface area contributed by atoms with Crippen LogP contribution in [0, 0.1) is 0 Å². The number of hydrogen-bond donors (Lipinski definition) is 1. The first-order valence-corrected chi connectivity index (χ1v) is 8.59. The molecule has 7 heteroatoms. The average molecular weight is 350 g/mol. The zero-order chi connectivity index (χ0) is 18.1. The molecule has 0 aliphatic carbocycles. The van der Waals surface area contributed by atoms with Crippen LogP contribution in [0.5, 0.6) is 5.75 Å². The van der Waals surface area contributed by atoms with E-state index in [-0.39, 0.29) is 18.4 Å². The summed E-state index contributed by atoms with van der Waals surface area (Å²) in [5.74, 6) is 0.139. The molecule has 1 N–H and O–H groups in total. The van der Waals surface area contributed by atoms with E-state index in [9.17, 15) is 9.59 Å². The summed E-state index contributed by atoms with van der Waals surface area (Å²) in [5.41, 5.74) is 2.05. The molecule has 3 aromatic rings. The van der Waals surface area contributed by atoms with E-state index in [0.29, 0.717) is 28.8 Å². The van der Waals surface area contributed by atoms with E-state index >= 15 is 0 Å². The third-order valence-corrected chi connectivity index (χ3v) is 4.45. The highest BCUT2D eigenvalue weighted by atomic mass is 16.5. The molecular formula is C19H18N4O3. The van der Waals surface area contributed by atoms with Gasteiger partial charge in [0.2, 0.25) is 0 Å². The maximum Gasteiger partial charge on any atom is 0.263 e. The smallest absolute Gasteiger partial charge is 0.263 e. The number of carbonyl (C=O) groups excluding carboxylic acids is 2. The molecule has 1 aliphatic heterocycles. The van der Waals surface area contributed by atoms with Crippen LogP contribution < -0.4 is 4.74 Å². The minimum Gasteiger partial charge on any atom is -0.494 e. The number of unbranched alkanes of at least 4 members (excludes halogenated alkanes) is 1. The summed E-state index contributed by atoms with van der Waals surface area (Å²) < 4.78 is 5.64. The number of H-pyrrole nitrogens is 1. The van der Waals surface area contributed by atoms with Gasteiger partial charge in [-0.15, -0.1) is 0 Å². The Bertz CT molecular complexity index is 978. The highest BCUT2D eigenvalue weighted by molar-refractivity contribution is 6.25. The number of amides is 2. The number of imide groups is 1. The minimum atomic E-state index is -0.330. The lowest BCUT2D eigenvalue weighted by Crippen LogP contribution is -2.29. The standard InChI is InChI=1S/C19H18N4O3/c1-2-3-8-26-13-6-4-12(5-7-13)11-23-18(24)15-9-20-17-14(10-21-22-17)16(15)19(23)25/h4-7,9-10H,2-3,8,11H2,1H3,(H,20,21,22). The van der Waals surface area contributed by atoms with Gasteiger partial charge in [0.05, 0.1) is 35.9 Å². The van der Waals surface area contributed by atoms with Gasteiger partial charge >= 0.3 is 0 Å². The molecule has 0 saturated heterocycles. The topological polar surface area (TPSA) is 88.2 Å². The molecule has 0 unspecified atom stereocenters. The van der Waals surface area contributed by atoms with E-state index in [1.807, 2.05) is 24.3 Å². The molecule has 26 heavy (non-hydrogen) atoms. The van der Waals surface area contributed by atoms with Crippen molar-refractivity contribution in [3.63, 3.8) is 0 Å². The quantitative estimate of drug-likeness (QED) is 0.545. The Hall–Kier alpha value is -3.22. The molecule has 0 saturated carbocycles. The van der Waals surface area contributed by atoms with Crippen LogP contribution in [0.4, 0.5) is 0 Å². The molecule has 2 aromatic heterocycles. The molecule has 3 heterocycles. The number of benzene rings is 1. The first kappa shape index (κ1) is 16.3. The molecule has 132 valence electrons. The van der Waals surface area contributed by atoms with Gasteiger partial charge in [-0.05, 0) is 24.1 Å². The number of aromatic nitrogens is 3. The lowest BCUT2D eigenvalue weighted by molar-refractivity contribution is 0.0643. The Morgan fingerprint density at radius 3 is 2.69 bits per heavy atom. The molecule has 2 amide bonds. The van der Waals surface area contributed by atoms with Crippen molar-refractivity contribution in [1.82, 2.24) is 20.1 Å². The Morgan fingerprint density at radius 2 is 1.92 bits per heavy atom. The second kappa shape index (κ2) is 6.59. The third kappa shape index (κ3) is 2.71. The summed E-state index contributed by atoms with van der Waals surface area (Å²) in [6.07, 6.45) is 5.04. The maximum absolute atomic E-state index is 12.8. The largest absolute Gasteiger partial charge is 0.494 e. The van der Waals surface area contributed by atoms with Gasteiger partial charge in [0, 0.05) is 6.20 Å². The lowest BCUT2D eigenvalue weighted by Gasteiger charge is -2.14. The zero-order valence-corrected chi connectivity index (χ0v) is 14.4. The highest BCUT2D eigenvalue weighted by Gasteiger charge is 2.37. The van der Waals surface area contributed by atoms with Gasteiger partial charge in [-0.1, -0.05) is 25.5 Å². The van der Waals surface area contributed by atoms with Crippen molar-refractivity contribution >= 4 is 22.8 Å².